The molecule has 0 spiro atoms. The van der Waals surface area contributed by atoms with Crippen LogP contribution in [0.3, 0.4) is 0 Å². The van der Waals surface area contributed by atoms with Crippen LogP contribution < -0.4 is 5.32 Å². The summed E-state index contributed by atoms with van der Waals surface area (Å²) in [6, 6.07) is 6.49. The number of hydrogen-bond donors (Lipinski definition) is 2. The van der Waals surface area contributed by atoms with Crippen molar-refractivity contribution in [2.75, 3.05) is 11.9 Å². The first-order valence-corrected chi connectivity index (χ1v) is 8.62. The van der Waals surface area contributed by atoms with Gasteiger partial charge in [-0.15, -0.1) is 11.3 Å². The zero-order valence-electron chi connectivity index (χ0n) is 12.6. The zero-order chi connectivity index (χ0) is 15.5. The number of aromatic amines is 1. The van der Waals surface area contributed by atoms with E-state index in [0.717, 1.165) is 42.0 Å². The normalized spacial score (nSPS) is 18.3. The molecular weight excluding hydrogens is 308 g/mol. The number of aromatic nitrogens is 4. The van der Waals surface area contributed by atoms with Crippen LogP contribution in [0.25, 0.3) is 0 Å². The lowest BCUT2D eigenvalue weighted by Gasteiger charge is -2.23. The lowest BCUT2D eigenvalue weighted by atomic mass is 10.1. The summed E-state index contributed by atoms with van der Waals surface area (Å²) in [5.74, 6) is 1.86. The van der Waals surface area contributed by atoms with Gasteiger partial charge in [0, 0.05) is 24.0 Å². The number of nitrogens with one attached hydrogen (secondary N) is 2. The van der Waals surface area contributed by atoms with E-state index in [4.69, 9.17) is 4.98 Å². The third kappa shape index (κ3) is 3.25. The minimum absolute atomic E-state index is 0.346. The largest absolute Gasteiger partial charge is 0.348 e. The van der Waals surface area contributed by atoms with Gasteiger partial charge >= 0.3 is 0 Å². The SMILES string of the molecule is c1cc(Nc2nccs2)nc([C@@H]2CCCN2Cc2ncc[nH]2)c1. The van der Waals surface area contributed by atoms with Gasteiger partial charge in [0.25, 0.3) is 0 Å². The van der Waals surface area contributed by atoms with Gasteiger partial charge in [0.15, 0.2) is 5.13 Å². The molecule has 4 rings (SSSR count). The summed E-state index contributed by atoms with van der Waals surface area (Å²) in [6.45, 7) is 1.92. The Morgan fingerprint density at radius 3 is 3.13 bits per heavy atom. The van der Waals surface area contributed by atoms with E-state index >= 15 is 0 Å². The second-order valence-electron chi connectivity index (χ2n) is 5.57. The Bertz CT molecular complexity index is 740. The van der Waals surface area contributed by atoms with Crippen molar-refractivity contribution in [2.24, 2.45) is 0 Å². The number of imidazole rings is 1. The lowest BCUT2D eigenvalue weighted by Crippen LogP contribution is -2.24. The van der Waals surface area contributed by atoms with Crippen LogP contribution in [0.1, 0.15) is 30.4 Å². The van der Waals surface area contributed by atoms with E-state index in [2.05, 4.69) is 37.3 Å². The zero-order valence-corrected chi connectivity index (χ0v) is 13.5. The van der Waals surface area contributed by atoms with Crippen molar-refractivity contribution >= 4 is 22.3 Å². The highest BCUT2D eigenvalue weighted by Crippen LogP contribution is 2.32. The van der Waals surface area contributed by atoms with Gasteiger partial charge in [0.1, 0.15) is 11.6 Å². The highest BCUT2D eigenvalue weighted by Gasteiger charge is 2.27. The molecule has 0 saturated carbocycles. The van der Waals surface area contributed by atoms with Gasteiger partial charge < -0.3 is 10.3 Å². The molecule has 2 N–H and O–H groups in total. The second-order valence-corrected chi connectivity index (χ2v) is 6.47. The first-order chi connectivity index (χ1) is 11.4. The van der Waals surface area contributed by atoms with Crippen molar-refractivity contribution in [1.29, 1.82) is 0 Å². The fourth-order valence-corrected chi connectivity index (χ4v) is 3.56. The second kappa shape index (κ2) is 6.47. The smallest absolute Gasteiger partial charge is 0.188 e. The van der Waals surface area contributed by atoms with Crippen LogP contribution in [0.4, 0.5) is 10.9 Å². The van der Waals surface area contributed by atoms with Crippen LogP contribution in [0.2, 0.25) is 0 Å². The number of likely N-dealkylation sites (tertiary alicyclic amines) is 1. The molecule has 0 aromatic carbocycles. The number of thiazole rings is 1. The van der Waals surface area contributed by atoms with Gasteiger partial charge in [-0.25, -0.2) is 15.0 Å². The highest BCUT2D eigenvalue weighted by atomic mass is 32.1. The summed E-state index contributed by atoms with van der Waals surface area (Å²) >= 11 is 1.57. The molecule has 7 heteroatoms. The number of hydrogen-bond acceptors (Lipinski definition) is 6. The molecule has 0 aliphatic carbocycles. The van der Waals surface area contributed by atoms with Crippen LogP contribution in [-0.4, -0.2) is 31.4 Å². The summed E-state index contributed by atoms with van der Waals surface area (Å²) in [5, 5.41) is 6.09. The predicted molar refractivity (Wildman–Crippen MR) is 90.6 cm³/mol. The molecule has 0 unspecified atom stereocenters. The molecule has 1 saturated heterocycles. The molecule has 1 fully saturated rings. The molecule has 0 radical (unpaired) electrons. The van der Waals surface area contributed by atoms with Crippen LogP contribution in [0, 0.1) is 0 Å². The van der Waals surface area contributed by atoms with Crippen molar-refractivity contribution in [1.82, 2.24) is 24.8 Å². The van der Waals surface area contributed by atoms with E-state index in [9.17, 15) is 0 Å². The topological polar surface area (TPSA) is 69.7 Å². The Kier molecular flexibility index (Phi) is 4.04. The first kappa shape index (κ1) is 14.3. The summed E-state index contributed by atoms with van der Waals surface area (Å²) in [5.41, 5.74) is 1.11. The number of nitrogens with zero attached hydrogens (tertiary/aromatic N) is 4. The van der Waals surface area contributed by atoms with Crippen molar-refractivity contribution in [3.05, 3.63) is 53.7 Å². The van der Waals surface area contributed by atoms with Crippen molar-refractivity contribution in [3.63, 3.8) is 0 Å². The van der Waals surface area contributed by atoms with Gasteiger partial charge in [0.2, 0.25) is 0 Å². The standard InChI is InChI=1S/C16H18N6S/c1-3-12(20-14(5-1)21-16-19-8-10-23-16)13-4-2-9-22(13)11-15-17-6-7-18-15/h1,3,5-8,10,13H,2,4,9,11H2,(H,17,18)(H,19,20,21)/t13-/m0/s1. The van der Waals surface area contributed by atoms with Crippen LogP contribution in [0.5, 0.6) is 0 Å². The van der Waals surface area contributed by atoms with Crippen LogP contribution in [-0.2, 0) is 6.54 Å². The van der Waals surface area contributed by atoms with Crippen LogP contribution in [0.15, 0.2) is 42.2 Å². The Hall–Kier alpha value is -2.25. The van der Waals surface area contributed by atoms with Crippen molar-refractivity contribution < 1.29 is 0 Å². The van der Waals surface area contributed by atoms with E-state index in [0.29, 0.717) is 6.04 Å². The molecule has 1 aliphatic rings. The van der Waals surface area contributed by atoms with Gasteiger partial charge in [-0.1, -0.05) is 6.07 Å². The highest BCUT2D eigenvalue weighted by molar-refractivity contribution is 7.13. The molecule has 0 bridgehead atoms. The van der Waals surface area contributed by atoms with Gasteiger partial charge in [-0.05, 0) is 31.5 Å². The number of pyridine rings is 1. The molecule has 3 aromatic heterocycles. The number of H-pyrrole nitrogens is 1. The lowest BCUT2D eigenvalue weighted by molar-refractivity contribution is 0.239. The molecule has 118 valence electrons. The predicted octanol–water partition coefficient (Wildman–Crippen LogP) is 3.34. The minimum Gasteiger partial charge on any atom is -0.348 e. The molecule has 23 heavy (non-hydrogen) atoms. The quantitative estimate of drug-likeness (QED) is 0.752. The maximum atomic E-state index is 4.79. The summed E-state index contributed by atoms with van der Waals surface area (Å²) < 4.78 is 0. The molecule has 4 heterocycles. The van der Waals surface area contributed by atoms with Crippen molar-refractivity contribution in [2.45, 2.75) is 25.4 Å². The molecule has 1 atom stereocenters. The van der Waals surface area contributed by atoms with E-state index in [1.54, 1.807) is 23.7 Å². The number of anilines is 2. The summed E-state index contributed by atoms with van der Waals surface area (Å²) in [4.78, 5) is 19.0. The monoisotopic (exact) mass is 326 g/mol. The van der Waals surface area contributed by atoms with E-state index in [1.807, 2.05) is 17.6 Å². The average Bonchev–Trinajstić information content (AvgIpc) is 3.30. The van der Waals surface area contributed by atoms with Crippen LogP contribution >= 0.6 is 11.3 Å². The Balaban J connectivity index is 1.52. The third-order valence-corrected chi connectivity index (χ3v) is 4.74. The molecular formula is C16H18N6S. The van der Waals surface area contributed by atoms with E-state index < -0.39 is 0 Å². The molecule has 0 amide bonds. The Labute approximate surface area is 138 Å². The van der Waals surface area contributed by atoms with Crippen molar-refractivity contribution in [3.8, 4) is 0 Å². The third-order valence-electron chi connectivity index (χ3n) is 4.05. The fourth-order valence-electron chi connectivity index (χ4n) is 3.03. The summed E-state index contributed by atoms with van der Waals surface area (Å²) in [7, 11) is 0. The summed E-state index contributed by atoms with van der Waals surface area (Å²) in [6.07, 6.45) is 7.79. The maximum Gasteiger partial charge on any atom is 0.188 e. The van der Waals surface area contributed by atoms with Gasteiger partial charge in [0.05, 0.1) is 18.3 Å². The minimum atomic E-state index is 0.346. The van der Waals surface area contributed by atoms with Gasteiger partial charge in [-0.2, -0.15) is 0 Å². The molecule has 6 nitrogen and oxygen atoms in total. The number of rotatable bonds is 5. The molecule has 1 aliphatic heterocycles. The van der Waals surface area contributed by atoms with E-state index in [1.165, 1.54) is 6.42 Å². The molecule has 3 aromatic rings. The Morgan fingerprint density at radius 2 is 2.30 bits per heavy atom. The fraction of sp³-hybridized carbons (Fsp3) is 0.312. The average molecular weight is 326 g/mol. The Morgan fingerprint density at radius 1 is 1.30 bits per heavy atom. The first-order valence-electron chi connectivity index (χ1n) is 7.74. The van der Waals surface area contributed by atoms with Gasteiger partial charge in [-0.3, -0.25) is 4.90 Å². The van der Waals surface area contributed by atoms with E-state index in [-0.39, 0.29) is 0 Å². The maximum absolute atomic E-state index is 4.79.